The molecule has 0 radical (unpaired) electrons. The summed E-state index contributed by atoms with van der Waals surface area (Å²) >= 11 is 5.62. The Morgan fingerprint density at radius 3 is 2.29 bits per heavy atom. The molecule has 0 spiro atoms. The van der Waals surface area contributed by atoms with Crippen molar-refractivity contribution in [3.63, 3.8) is 0 Å². The van der Waals surface area contributed by atoms with Gasteiger partial charge >= 0.3 is 0 Å². The lowest BCUT2D eigenvalue weighted by Gasteiger charge is -2.16. The molecule has 1 N–H and O–H groups in total. The molecule has 0 aliphatic heterocycles. The Hall–Kier alpha value is -2.49. The molecule has 2 nitrogen and oxygen atoms in total. The van der Waals surface area contributed by atoms with E-state index >= 15 is 0 Å². The number of likely N-dealkylation sites (N-methyl/N-ethyl adjacent to an activating group) is 1. The molecule has 142 valence electrons. The van der Waals surface area contributed by atoms with Crippen LogP contribution < -0.4 is 5.32 Å². The van der Waals surface area contributed by atoms with Crippen molar-refractivity contribution in [2.24, 2.45) is 0 Å². The van der Waals surface area contributed by atoms with E-state index in [4.69, 9.17) is 17.0 Å². The number of hydrogen-bond acceptors (Lipinski definition) is 3. The van der Waals surface area contributed by atoms with Crippen molar-refractivity contribution in [1.82, 2.24) is 5.32 Å². The summed E-state index contributed by atoms with van der Waals surface area (Å²) in [5.41, 5.74) is 7.47. The number of allylic oxidation sites excluding steroid dienone is 2. The van der Waals surface area contributed by atoms with Crippen LogP contribution in [0.1, 0.15) is 30.9 Å². The summed E-state index contributed by atoms with van der Waals surface area (Å²) in [6.07, 6.45) is 8.41. The quantitative estimate of drug-likeness (QED) is 0.678. The summed E-state index contributed by atoms with van der Waals surface area (Å²) in [4.78, 5) is 0. The standard InChI is InChI=1S/C25H25NOS/c1-3-26-24-15-14-18(13-12-17(24)2)25(28)27-16-23-21-10-6-4-8-19(21)20-9-5-7-11-22(20)23/h4-15,23-24,26H,3,16H2,1-2H3. The summed E-state index contributed by atoms with van der Waals surface area (Å²) in [6, 6.07) is 17.4. The van der Waals surface area contributed by atoms with E-state index in [0.717, 1.165) is 12.1 Å². The minimum atomic E-state index is 0.215. The molecule has 2 aromatic carbocycles. The molecular weight excluding hydrogens is 362 g/mol. The van der Waals surface area contributed by atoms with Gasteiger partial charge in [0.25, 0.3) is 0 Å². The Balaban J connectivity index is 1.51. The number of benzene rings is 2. The fourth-order valence-corrected chi connectivity index (χ4v) is 4.20. The van der Waals surface area contributed by atoms with Crippen LogP contribution in [0.25, 0.3) is 11.1 Å². The molecular formula is C25H25NOS. The summed E-state index contributed by atoms with van der Waals surface area (Å²) in [5, 5.41) is 4.01. The number of fused-ring (bicyclic) bond motifs is 3. The maximum absolute atomic E-state index is 6.13. The summed E-state index contributed by atoms with van der Waals surface area (Å²) in [5.74, 6) is 0.215. The van der Waals surface area contributed by atoms with Gasteiger partial charge in [0, 0.05) is 17.5 Å². The van der Waals surface area contributed by atoms with Crippen LogP contribution in [-0.4, -0.2) is 24.2 Å². The molecule has 28 heavy (non-hydrogen) atoms. The normalized spacial score (nSPS) is 18.0. The predicted molar refractivity (Wildman–Crippen MR) is 121 cm³/mol. The van der Waals surface area contributed by atoms with Crippen LogP contribution in [0.4, 0.5) is 0 Å². The van der Waals surface area contributed by atoms with E-state index < -0.39 is 0 Å². The summed E-state index contributed by atoms with van der Waals surface area (Å²) in [7, 11) is 0. The number of thiocarbonyl (C=S) groups is 1. The second-order valence-electron chi connectivity index (χ2n) is 7.25. The molecule has 1 atom stereocenters. The van der Waals surface area contributed by atoms with Crippen LogP contribution in [0.2, 0.25) is 0 Å². The fraction of sp³-hybridized carbons (Fsp3) is 0.240. The van der Waals surface area contributed by atoms with Crippen molar-refractivity contribution < 1.29 is 4.74 Å². The molecule has 0 aromatic heterocycles. The number of ether oxygens (including phenoxy) is 1. The van der Waals surface area contributed by atoms with Crippen LogP contribution in [0.15, 0.2) is 84.0 Å². The van der Waals surface area contributed by atoms with Crippen molar-refractivity contribution >= 4 is 17.3 Å². The van der Waals surface area contributed by atoms with Crippen molar-refractivity contribution in [1.29, 1.82) is 0 Å². The van der Waals surface area contributed by atoms with Gasteiger partial charge in [0.15, 0.2) is 5.05 Å². The zero-order chi connectivity index (χ0) is 19.5. The first-order chi connectivity index (χ1) is 13.7. The lowest BCUT2D eigenvalue weighted by Crippen LogP contribution is -2.27. The van der Waals surface area contributed by atoms with E-state index in [1.165, 1.54) is 27.8 Å². The molecule has 4 rings (SSSR count). The van der Waals surface area contributed by atoms with E-state index in [1.807, 2.05) is 0 Å². The maximum Gasteiger partial charge on any atom is 0.191 e. The van der Waals surface area contributed by atoms with Gasteiger partial charge in [-0.3, -0.25) is 0 Å². The third-order valence-electron chi connectivity index (χ3n) is 5.49. The van der Waals surface area contributed by atoms with Gasteiger partial charge in [-0.05, 0) is 47.9 Å². The van der Waals surface area contributed by atoms with Gasteiger partial charge < -0.3 is 10.1 Å². The molecule has 2 aliphatic rings. The first-order valence-electron chi connectivity index (χ1n) is 9.84. The highest BCUT2D eigenvalue weighted by Crippen LogP contribution is 2.44. The topological polar surface area (TPSA) is 21.3 Å². The van der Waals surface area contributed by atoms with Crippen LogP contribution >= 0.6 is 12.2 Å². The van der Waals surface area contributed by atoms with Gasteiger partial charge in [-0.2, -0.15) is 0 Å². The van der Waals surface area contributed by atoms with Crippen molar-refractivity contribution in [3.05, 3.63) is 95.1 Å². The van der Waals surface area contributed by atoms with Gasteiger partial charge in [-0.15, -0.1) is 0 Å². The molecule has 0 saturated carbocycles. The van der Waals surface area contributed by atoms with Crippen LogP contribution in [0.5, 0.6) is 0 Å². The van der Waals surface area contributed by atoms with Crippen LogP contribution in [0, 0.1) is 0 Å². The van der Waals surface area contributed by atoms with Gasteiger partial charge in [0.2, 0.25) is 0 Å². The third-order valence-corrected chi connectivity index (χ3v) is 5.84. The Kier molecular flexibility index (Phi) is 5.56. The molecule has 2 aliphatic carbocycles. The average molecular weight is 388 g/mol. The summed E-state index contributed by atoms with van der Waals surface area (Å²) in [6.45, 7) is 5.73. The fourth-order valence-electron chi connectivity index (χ4n) is 4.00. The zero-order valence-electron chi connectivity index (χ0n) is 16.3. The first-order valence-corrected chi connectivity index (χ1v) is 10.2. The lowest BCUT2D eigenvalue weighted by molar-refractivity contribution is 0.301. The van der Waals surface area contributed by atoms with E-state index in [-0.39, 0.29) is 12.0 Å². The number of hydrogen-bond donors (Lipinski definition) is 1. The zero-order valence-corrected chi connectivity index (χ0v) is 17.1. The summed E-state index contributed by atoms with van der Waals surface area (Å²) < 4.78 is 6.13. The van der Waals surface area contributed by atoms with Gasteiger partial charge in [0.05, 0.1) is 0 Å². The molecule has 0 heterocycles. The Labute approximate surface area is 172 Å². The Morgan fingerprint density at radius 2 is 1.64 bits per heavy atom. The van der Waals surface area contributed by atoms with E-state index in [0.29, 0.717) is 11.7 Å². The van der Waals surface area contributed by atoms with Gasteiger partial charge in [-0.1, -0.05) is 85.3 Å². The van der Waals surface area contributed by atoms with Gasteiger partial charge in [-0.25, -0.2) is 0 Å². The number of nitrogens with one attached hydrogen (secondary N) is 1. The number of rotatable bonds is 5. The minimum absolute atomic E-state index is 0.215. The minimum Gasteiger partial charge on any atom is -0.482 e. The molecule has 3 heteroatoms. The molecule has 2 aromatic rings. The molecule has 0 saturated heterocycles. The highest BCUT2D eigenvalue weighted by Gasteiger charge is 2.28. The molecule has 1 unspecified atom stereocenters. The van der Waals surface area contributed by atoms with Crippen LogP contribution in [-0.2, 0) is 4.74 Å². The molecule has 0 fully saturated rings. The Bertz CT molecular complexity index is 940. The molecule has 0 bridgehead atoms. The maximum atomic E-state index is 6.13. The smallest absolute Gasteiger partial charge is 0.191 e. The molecule has 0 amide bonds. The second kappa shape index (κ2) is 8.26. The lowest BCUT2D eigenvalue weighted by atomic mass is 9.98. The third kappa shape index (κ3) is 3.60. The second-order valence-corrected chi connectivity index (χ2v) is 7.62. The van der Waals surface area contributed by atoms with Crippen molar-refractivity contribution in [3.8, 4) is 11.1 Å². The largest absolute Gasteiger partial charge is 0.482 e. The van der Waals surface area contributed by atoms with E-state index in [1.54, 1.807) is 0 Å². The first kappa shape index (κ1) is 18.9. The van der Waals surface area contributed by atoms with Crippen molar-refractivity contribution in [2.75, 3.05) is 13.2 Å². The average Bonchev–Trinajstić information content (AvgIpc) is 2.92. The highest BCUT2D eigenvalue weighted by molar-refractivity contribution is 7.80. The highest BCUT2D eigenvalue weighted by atomic mass is 32.1. The van der Waals surface area contributed by atoms with E-state index in [9.17, 15) is 0 Å². The van der Waals surface area contributed by atoms with E-state index in [2.05, 4.69) is 92.0 Å². The Morgan fingerprint density at radius 1 is 1.00 bits per heavy atom. The van der Waals surface area contributed by atoms with Crippen LogP contribution in [0.3, 0.4) is 0 Å². The SMILES string of the molecule is CCNC1C=CC(C(=S)OCC2c3ccccc3-c3ccccc32)=CC=C1C. The van der Waals surface area contributed by atoms with Crippen molar-refractivity contribution in [2.45, 2.75) is 25.8 Å². The predicted octanol–water partition coefficient (Wildman–Crippen LogP) is 5.56. The van der Waals surface area contributed by atoms with Gasteiger partial charge in [0.1, 0.15) is 6.61 Å². The monoisotopic (exact) mass is 387 g/mol.